The molecule has 0 N–H and O–H groups in total. The molecule has 0 spiro atoms. The average molecular weight is 488 g/mol. The van der Waals surface area contributed by atoms with Crippen LogP contribution >= 0.6 is 11.3 Å². The monoisotopic (exact) mass is 488 g/mol. The summed E-state index contributed by atoms with van der Waals surface area (Å²) in [6.45, 7) is 0. The maximum Gasteiger partial charge on any atom is 0.450 e. The molecule has 174 valence electrons. The minimum Gasteiger partial charge on any atom is -0.294 e. The van der Waals surface area contributed by atoms with Gasteiger partial charge < -0.3 is 0 Å². The Morgan fingerprint density at radius 2 is 1.21 bits per heavy atom. The Morgan fingerprint density at radius 1 is 0.667 bits per heavy atom. The Balaban J connectivity index is 0.000000245. The average Bonchev–Trinajstić information content (AvgIpc) is 3.27. The predicted molar refractivity (Wildman–Crippen MR) is 108 cm³/mol. The molecule has 0 aliphatic rings. The number of rotatable bonds is 6. The van der Waals surface area contributed by atoms with E-state index in [2.05, 4.69) is 0 Å². The summed E-state index contributed by atoms with van der Waals surface area (Å²) >= 11 is 1.01. The van der Waals surface area contributed by atoms with Crippen LogP contribution in [-0.4, -0.2) is 35.5 Å². The standard InChI is InChI=1S/C14H9F3O2.C8H5F3O2S/c15-14(16,17)13(19)8-12(18)11-7-3-5-9-4-1-2-6-10(9)11;9-8(10,11)7(13)4-5(12)6-2-1-3-14-6/h1-7H,8H2;1-3H,4H2. The Kier molecular flexibility index (Phi) is 8.26. The van der Waals surface area contributed by atoms with E-state index in [1.165, 1.54) is 18.2 Å². The zero-order valence-electron chi connectivity index (χ0n) is 16.5. The fraction of sp³-hybridized carbons (Fsp3) is 0.182. The van der Waals surface area contributed by atoms with Gasteiger partial charge in [0.05, 0.1) is 17.7 Å². The maximum atomic E-state index is 12.1. The number of benzene rings is 2. The van der Waals surface area contributed by atoms with Gasteiger partial charge in [0.1, 0.15) is 0 Å². The van der Waals surface area contributed by atoms with Gasteiger partial charge in [0.2, 0.25) is 11.6 Å². The molecule has 1 aromatic heterocycles. The SMILES string of the molecule is O=C(CC(=O)C(F)(F)F)c1cccc2ccccc12.O=C(CC(=O)C(F)(F)F)c1cccs1. The molecular weight excluding hydrogens is 474 g/mol. The van der Waals surface area contributed by atoms with Gasteiger partial charge in [-0.05, 0) is 22.2 Å². The van der Waals surface area contributed by atoms with Crippen LogP contribution in [0.3, 0.4) is 0 Å². The highest BCUT2D eigenvalue weighted by Gasteiger charge is 2.40. The van der Waals surface area contributed by atoms with Crippen LogP contribution in [-0.2, 0) is 9.59 Å². The topological polar surface area (TPSA) is 68.3 Å². The third-order valence-corrected chi connectivity index (χ3v) is 5.07. The van der Waals surface area contributed by atoms with Gasteiger partial charge in [0.25, 0.3) is 0 Å². The highest BCUT2D eigenvalue weighted by Crippen LogP contribution is 2.23. The van der Waals surface area contributed by atoms with E-state index >= 15 is 0 Å². The van der Waals surface area contributed by atoms with Crippen molar-refractivity contribution in [1.29, 1.82) is 0 Å². The number of carbonyl (C=O) groups is 4. The molecule has 0 unspecified atom stereocenters. The molecule has 1 heterocycles. The van der Waals surface area contributed by atoms with Gasteiger partial charge in [-0.15, -0.1) is 11.3 Å². The summed E-state index contributed by atoms with van der Waals surface area (Å²) in [5.41, 5.74) is 0.135. The normalized spacial score (nSPS) is 11.5. The maximum absolute atomic E-state index is 12.1. The lowest BCUT2D eigenvalue weighted by Crippen LogP contribution is -2.25. The van der Waals surface area contributed by atoms with Gasteiger partial charge in [-0.25, -0.2) is 0 Å². The van der Waals surface area contributed by atoms with Crippen molar-refractivity contribution < 1.29 is 45.5 Å². The van der Waals surface area contributed by atoms with Gasteiger partial charge in [0.15, 0.2) is 11.6 Å². The summed E-state index contributed by atoms with van der Waals surface area (Å²) in [5.74, 6) is -5.64. The summed E-state index contributed by atoms with van der Waals surface area (Å²) in [7, 11) is 0. The Bertz CT molecular complexity index is 1160. The van der Waals surface area contributed by atoms with E-state index in [-0.39, 0.29) is 10.4 Å². The van der Waals surface area contributed by atoms with Gasteiger partial charge in [0, 0.05) is 5.56 Å². The molecular formula is C22H14F6O4S. The lowest BCUT2D eigenvalue weighted by atomic mass is 9.99. The molecule has 4 nitrogen and oxygen atoms in total. The van der Waals surface area contributed by atoms with Gasteiger partial charge >= 0.3 is 12.4 Å². The largest absolute Gasteiger partial charge is 0.450 e. The van der Waals surface area contributed by atoms with Crippen LogP contribution in [0.5, 0.6) is 0 Å². The molecule has 3 aromatic rings. The molecule has 0 fully saturated rings. The van der Waals surface area contributed by atoms with Gasteiger partial charge in [-0.1, -0.05) is 48.5 Å². The number of carbonyl (C=O) groups excluding carboxylic acids is 4. The minimum absolute atomic E-state index is 0.135. The smallest absolute Gasteiger partial charge is 0.294 e. The van der Waals surface area contributed by atoms with Crippen molar-refractivity contribution >= 4 is 45.2 Å². The molecule has 3 rings (SSSR count). The van der Waals surface area contributed by atoms with Crippen molar-refractivity contribution in [2.24, 2.45) is 0 Å². The van der Waals surface area contributed by atoms with Crippen LogP contribution in [0.2, 0.25) is 0 Å². The molecule has 0 aliphatic heterocycles. The molecule has 0 saturated heterocycles. The molecule has 0 atom stereocenters. The van der Waals surface area contributed by atoms with Crippen molar-refractivity contribution in [2.45, 2.75) is 25.2 Å². The van der Waals surface area contributed by atoms with Crippen LogP contribution < -0.4 is 0 Å². The summed E-state index contributed by atoms with van der Waals surface area (Å²) in [6, 6.07) is 14.5. The number of thiophene rings is 1. The third-order valence-electron chi connectivity index (χ3n) is 4.16. The Labute approximate surface area is 186 Å². The number of Topliss-reactive ketones (excluding diaryl/α,β-unsaturated/α-hetero) is 4. The Hall–Kier alpha value is -3.34. The second-order valence-corrected chi connectivity index (χ2v) is 7.49. The molecule has 33 heavy (non-hydrogen) atoms. The number of hydrogen-bond donors (Lipinski definition) is 0. The minimum atomic E-state index is -4.97. The molecule has 2 aromatic carbocycles. The number of hydrogen-bond acceptors (Lipinski definition) is 5. The first-order valence-electron chi connectivity index (χ1n) is 9.08. The van der Waals surface area contributed by atoms with E-state index in [4.69, 9.17) is 0 Å². The fourth-order valence-electron chi connectivity index (χ4n) is 2.58. The number of ketones is 4. The predicted octanol–water partition coefficient (Wildman–Crippen LogP) is 6.00. The second kappa shape index (κ2) is 10.5. The first-order chi connectivity index (χ1) is 15.3. The first-order valence-corrected chi connectivity index (χ1v) is 9.96. The molecule has 0 saturated carbocycles. The van der Waals surface area contributed by atoms with Crippen LogP contribution in [0.25, 0.3) is 10.8 Å². The molecule has 0 aliphatic carbocycles. The zero-order valence-corrected chi connectivity index (χ0v) is 17.3. The van der Waals surface area contributed by atoms with Crippen LogP contribution in [0.15, 0.2) is 60.0 Å². The van der Waals surface area contributed by atoms with E-state index in [0.29, 0.717) is 5.39 Å². The number of fused-ring (bicyclic) bond motifs is 1. The van der Waals surface area contributed by atoms with Crippen molar-refractivity contribution in [1.82, 2.24) is 0 Å². The molecule has 0 bridgehead atoms. The second-order valence-electron chi connectivity index (χ2n) is 6.55. The van der Waals surface area contributed by atoms with E-state index in [1.807, 2.05) is 0 Å². The first kappa shape index (κ1) is 25.9. The van der Waals surface area contributed by atoms with Crippen LogP contribution in [0, 0.1) is 0 Å². The fourth-order valence-corrected chi connectivity index (χ4v) is 3.24. The summed E-state index contributed by atoms with van der Waals surface area (Å²) in [5, 5.41) is 2.85. The van der Waals surface area contributed by atoms with Crippen molar-refractivity contribution in [2.75, 3.05) is 0 Å². The quantitative estimate of drug-likeness (QED) is 0.243. The third kappa shape index (κ3) is 7.35. The summed E-state index contributed by atoms with van der Waals surface area (Å²) < 4.78 is 71.7. The Morgan fingerprint density at radius 3 is 1.76 bits per heavy atom. The van der Waals surface area contributed by atoms with E-state index < -0.39 is 48.3 Å². The van der Waals surface area contributed by atoms with E-state index in [0.717, 1.165) is 16.7 Å². The van der Waals surface area contributed by atoms with Gasteiger partial charge in [-0.3, -0.25) is 19.2 Å². The highest BCUT2D eigenvalue weighted by molar-refractivity contribution is 7.12. The summed E-state index contributed by atoms with van der Waals surface area (Å²) in [4.78, 5) is 44.3. The molecule has 11 heteroatoms. The lowest BCUT2D eigenvalue weighted by molar-refractivity contribution is -0.170. The van der Waals surface area contributed by atoms with Gasteiger partial charge in [-0.2, -0.15) is 26.3 Å². The summed E-state index contributed by atoms with van der Waals surface area (Å²) in [6.07, 6.45) is -12.2. The molecule has 0 amide bonds. The number of alkyl halides is 6. The number of halogens is 6. The molecule has 0 radical (unpaired) electrons. The lowest BCUT2D eigenvalue weighted by Gasteiger charge is -2.07. The van der Waals surface area contributed by atoms with Crippen molar-refractivity contribution in [3.05, 3.63) is 70.4 Å². The van der Waals surface area contributed by atoms with E-state index in [1.54, 1.807) is 41.8 Å². The van der Waals surface area contributed by atoms with E-state index in [9.17, 15) is 45.5 Å². The van der Waals surface area contributed by atoms with Crippen molar-refractivity contribution in [3.63, 3.8) is 0 Å². The zero-order chi connectivity index (χ0) is 24.8. The van der Waals surface area contributed by atoms with Crippen LogP contribution in [0.1, 0.15) is 32.9 Å². The van der Waals surface area contributed by atoms with Crippen molar-refractivity contribution in [3.8, 4) is 0 Å². The highest BCUT2D eigenvalue weighted by atomic mass is 32.1. The van der Waals surface area contributed by atoms with Crippen LogP contribution in [0.4, 0.5) is 26.3 Å².